The third kappa shape index (κ3) is 6.21. The number of nitro benzene ring substituents is 1. The number of hydrogen-bond donors (Lipinski definition) is 3. The summed E-state index contributed by atoms with van der Waals surface area (Å²) in [6, 6.07) is 2.95. The van der Waals surface area contributed by atoms with Crippen molar-refractivity contribution in [2.75, 3.05) is 5.73 Å². The molecule has 2 amide bonds. The Morgan fingerprint density at radius 2 is 1.97 bits per heavy atom. The van der Waals surface area contributed by atoms with E-state index in [1.54, 1.807) is 0 Å². The van der Waals surface area contributed by atoms with Gasteiger partial charge in [0.1, 0.15) is 18.3 Å². The number of oxime groups is 1. The summed E-state index contributed by atoms with van der Waals surface area (Å²) in [5.41, 5.74) is 3.72. The van der Waals surface area contributed by atoms with Crippen LogP contribution in [0.15, 0.2) is 34.8 Å². The van der Waals surface area contributed by atoms with Gasteiger partial charge in [0, 0.05) is 17.5 Å². The standard InChI is InChI=1S/C20H22N6O10S2/c1-10-14(17(28)25(10)38(32,33)34)23-16(27)15(13-9-37-19(21)22-13)24-36-20(2,3)18(29)35-8-11-4-6-12(7-5-11)26(30)31/h4-7,9-10,14H,8H2,1-3H3,(H2,21,22)(H,23,27)(H,32,33,34)/b24-15-/t10-,14+/m1/s1. The Morgan fingerprint density at radius 1 is 1.34 bits per heavy atom. The van der Waals surface area contributed by atoms with Gasteiger partial charge in [-0.3, -0.25) is 24.3 Å². The number of carbonyl (C=O) groups is 3. The van der Waals surface area contributed by atoms with Crippen LogP contribution in [-0.2, 0) is 40.9 Å². The number of benzene rings is 1. The first kappa shape index (κ1) is 28.4. The molecule has 0 unspecified atom stereocenters. The van der Waals surface area contributed by atoms with Crippen molar-refractivity contribution in [2.24, 2.45) is 5.16 Å². The average Bonchev–Trinajstić information content (AvgIpc) is 3.26. The summed E-state index contributed by atoms with van der Waals surface area (Å²) >= 11 is 0.971. The number of β-lactam (4-membered cyclic amide) rings is 1. The molecule has 0 saturated carbocycles. The van der Waals surface area contributed by atoms with E-state index in [4.69, 9.17) is 19.9 Å². The molecule has 1 aliphatic heterocycles. The number of amides is 2. The Hall–Kier alpha value is -4.16. The minimum Gasteiger partial charge on any atom is -0.458 e. The Morgan fingerprint density at radius 3 is 2.47 bits per heavy atom. The van der Waals surface area contributed by atoms with E-state index in [-0.39, 0.29) is 27.4 Å². The monoisotopic (exact) mass is 570 g/mol. The molecule has 1 aliphatic rings. The highest BCUT2D eigenvalue weighted by molar-refractivity contribution is 7.84. The molecule has 38 heavy (non-hydrogen) atoms. The van der Waals surface area contributed by atoms with Crippen LogP contribution in [0.2, 0.25) is 0 Å². The molecule has 2 heterocycles. The van der Waals surface area contributed by atoms with E-state index >= 15 is 0 Å². The van der Waals surface area contributed by atoms with Crippen molar-refractivity contribution < 1.29 is 41.9 Å². The maximum absolute atomic E-state index is 12.9. The number of nitrogens with one attached hydrogen (secondary N) is 1. The van der Waals surface area contributed by atoms with Gasteiger partial charge in [-0.2, -0.15) is 8.42 Å². The highest BCUT2D eigenvalue weighted by Gasteiger charge is 2.51. The highest BCUT2D eigenvalue weighted by atomic mass is 32.2. The number of nitro groups is 1. The topological polar surface area (TPSA) is 234 Å². The zero-order chi connectivity index (χ0) is 28.4. The van der Waals surface area contributed by atoms with E-state index in [0.29, 0.717) is 5.56 Å². The Kier molecular flexibility index (Phi) is 7.98. The maximum Gasteiger partial charge on any atom is 0.362 e. The third-order valence-electron chi connectivity index (χ3n) is 5.22. The number of thiazole rings is 1. The molecule has 204 valence electrons. The lowest BCUT2D eigenvalue weighted by Gasteiger charge is -2.42. The number of ether oxygens (including phenoxy) is 1. The molecule has 0 spiro atoms. The molecule has 4 N–H and O–H groups in total. The van der Waals surface area contributed by atoms with Crippen LogP contribution in [0.25, 0.3) is 0 Å². The molecular formula is C20H22N6O10S2. The molecule has 1 fully saturated rings. The fraction of sp³-hybridized carbons (Fsp3) is 0.350. The van der Waals surface area contributed by atoms with Crippen molar-refractivity contribution in [3.63, 3.8) is 0 Å². The van der Waals surface area contributed by atoms with Crippen LogP contribution >= 0.6 is 11.3 Å². The van der Waals surface area contributed by atoms with Crippen LogP contribution in [-0.4, -0.2) is 68.4 Å². The lowest BCUT2D eigenvalue weighted by Crippen LogP contribution is -2.71. The molecule has 0 aliphatic carbocycles. The molecule has 16 nitrogen and oxygen atoms in total. The second-order valence-corrected chi connectivity index (χ2v) is 10.6. The van der Waals surface area contributed by atoms with E-state index in [9.17, 15) is 32.9 Å². The summed E-state index contributed by atoms with van der Waals surface area (Å²) in [6.07, 6.45) is 0. The van der Waals surface area contributed by atoms with E-state index < -0.39 is 56.4 Å². The lowest BCUT2D eigenvalue weighted by atomic mass is 10.0. The zero-order valence-corrected chi connectivity index (χ0v) is 21.7. The van der Waals surface area contributed by atoms with Gasteiger partial charge in [0.15, 0.2) is 10.8 Å². The van der Waals surface area contributed by atoms with Crippen molar-refractivity contribution >= 4 is 56.0 Å². The molecule has 3 rings (SSSR count). The van der Waals surface area contributed by atoms with Gasteiger partial charge in [-0.15, -0.1) is 11.3 Å². The smallest absolute Gasteiger partial charge is 0.362 e. The minimum atomic E-state index is -4.80. The molecular weight excluding hydrogens is 548 g/mol. The van der Waals surface area contributed by atoms with Gasteiger partial charge in [0.05, 0.1) is 11.0 Å². The number of anilines is 1. The maximum atomic E-state index is 12.9. The summed E-state index contributed by atoms with van der Waals surface area (Å²) in [6.45, 7) is 3.68. The number of rotatable bonds is 10. The molecule has 1 aromatic carbocycles. The Bertz CT molecular complexity index is 1400. The average molecular weight is 571 g/mol. The molecule has 1 saturated heterocycles. The number of nitrogens with two attached hydrogens (primary N) is 1. The van der Waals surface area contributed by atoms with Gasteiger partial charge in [-0.05, 0) is 38.5 Å². The van der Waals surface area contributed by atoms with Gasteiger partial charge in [-0.1, -0.05) is 5.16 Å². The zero-order valence-electron chi connectivity index (χ0n) is 20.1. The highest BCUT2D eigenvalue weighted by Crippen LogP contribution is 2.24. The van der Waals surface area contributed by atoms with Crippen molar-refractivity contribution in [2.45, 2.75) is 45.1 Å². The number of aromatic nitrogens is 1. The number of non-ortho nitro benzene ring substituents is 1. The number of nitrogens with zero attached hydrogens (tertiary/aromatic N) is 4. The summed E-state index contributed by atoms with van der Waals surface area (Å²) in [5, 5.41) is 18.2. The molecule has 1 aromatic heterocycles. The van der Waals surface area contributed by atoms with Crippen molar-refractivity contribution in [1.82, 2.24) is 14.6 Å². The molecule has 0 radical (unpaired) electrons. The predicted octanol–water partition coefficient (Wildman–Crippen LogP) is 0.395. The molecule has 2 aromatic rings. The second-order valence-electron chi connectivity index (χ2n) is 8.42. The first-order valence-corrected chi connectivity index (χ1v) is 12.9. The first-order chi connectivity index (χ1) is 17.6. The Balaban J connectivity index is 1.72. The molecule has 0 bridgehead atoms. The normalized spacial score (nSPS) is 17.9. The van der Waals surface area contributed by atoms with Crippen molar-refractivity contribution in [3.8, 4) is 0 Å². The van der Waals surface area contributed by atoms with Crippen LogP contribution in [0, 0.1) is 10.1 Å². The van der Waals surface area contributed by atoms with Crippen molar-refractivity contribution in [3.05, 3.63) is 51.0 Å². The van der Waals surface area contributed by atoms with Crippen LogP contribution in [0.1, 0.15) is 32.0 Å². The van der Waals surface area contributed by atoms with E-state index in [2.05, 4.69) is 15.5 Å². The fourth-order valence-electron chi connectivity index (χ4n) is 3.15. The predicted molar refractivity (Wildman–Crippen MR) is 131 cm³/mol. The van der Waals surface area contributed by atoms with Crippen LogP contribution < -0.4 is 11.1 Å². The molecule has 18 heteroatoms. The Labute approximate surface area is 219 Å². The van der Waals surface area contributed by atoms with Gasteiger partial charge in [-0.25, -0.2) is 14.1 Å². The largest absolute Gasteiger partial charge is 0.458 e. The first-order valence-electron chi connectivity index (χ1n) is 10.6. The number of hydrogen-bond acceptors (Lipinski definition) is 13. The number of esters is 1. The van der Waals surface area contributed by atoms with Gasteiger partial charge in [0.25, 0.3) is 17.5 Å². The number of carbonyl (C=O) groups excluding carboxylic acids is 3. The van der Waals surface area contributed by atoms with E-state index in [1.165, 1.54) is 50.4 Å². The summed E-state index contributed by atoms with van der Waals surface area (Å²) < 4.78 is 37.1. The quantitative estimate of drug-likeness (QED) is 0.0879. The third-order valence-corrected chi connectivity index (χ3v) is 6.91. The fourth-order valence-corrected chi connectivity index (χ4v) is 4.58. The van der Waals surface area contributed by atoms with Crippen LogP contribution in [0.4, 0.5) is 10.8 Å². The summed E-state index contributed by atoms with van der Waals surface area (Å²) in [4.78, 5) is 57.1. The van der Waals surface area contributed by atoms with Gasteiger partial charge >= 0.3 is 16.3 Å². The van der Waals surface area contributed by atoms with E-state index in [1.807, 2.05) is 0 Å². The van der Waals surface area contributed by atoms with Gasteiger partial charge in [0.2, 0.25) is 5.60 Å². The van der Waals surface area contributed by atoms with E-state index in [0.717, 1.165) is 11.3 Å². The van der Waals surface area contributed by atoms with Crippen LogP contribution in [0.5, 0.6) is 0 Å². The van der Waals surface area contributed by atoms with Gasteiger partial charge < -0.3 is 20.6 Å². The second kappa shape index (κ2) is 10.7. The lowest BCUT2D eigenvalue weighted by molar-refractivity contribution is -0.384. The van der Waals surface area contributed by atoms with Crippen molar-refractivity contribution in [1.29, 1.82) is 0 Å². The summed E-state index contributed by atoms with van der Waals surface area (Å²) in [5.74, 6) is -2.95. The number of nitrogen functional groups attached to an aromatic ring is 1. The molecule has 2 atom stereocenters. The SMILES string of the molecule is C[C@@H]1[C@H](NC(=O)/C(=N\OC(C)(C)C(=O)OCc2ccc([N+](=O)[O-])cc2)c2csc(N)n2)C(=O)N1S(=O)(=O)O. The van der Waals surface area contributed by atoms with Crippen LogP contribution in [0.3, 0.4) is 0 Å². The summed E-state index contributed by atoms with van der Waals surface area (Å²) in [7, 11) is -4.80. The minimum absolute atomic E-state index is 0.0499.